The summed E-state index contributed by atoms with van der Waals surface area (Å²) in [5.74, 6) is 68.7. The van der Waals surface area contributed by atoms with E-state index < -0.39 is 84.2 Å². The van der Waals surface area contributed by atoms with E-state index in [1.165, 1.54) is 198 Å². The highest BCUT2D eigenvalue weighted by Crippen LogP contribution is 2.42. The Morgan fingerprint density at radius 2 is 0.500 bits per heavy atom. The Hall–Kier alpha value is -6.78. The topological polar surface area (TPSA) is 276 Å². The molecule has 742 valence electrons. The Bertz CT molecular complexity index is 4180. The molecule has 0 spiro atoms. The molecule has 0 aromatic carbocycles. The molecule has 10 fully saturated rings. The van der Waals surface area contributed by atoms with Crippen LogP contribution in [0.1, 0.15) is 378 Å². The summed E-state index contributed by atoms with van der Waals surface area (Å²) in [5, 5.41) is 94.7. The van der Waals surface area contributed by atoms with Gasteiger partial charge in [-0.1, -0.05) is 335 Å². The Morgan fingerprint density at radius 1 is 0.261 bits per heavy atom. The summed E-state index contributed by atoms with van der Waals surface area (Å²) in [6, 6.07) is 0. The molecule has 10 N–H and O–H groups in total. The van der Waals surface area contributed by atoms with Crippen LogP contribution in [0.25, 0.3) is 0 Å². The zero-order valence-electron chi connectivity index (χ0n) is 83.7. The van der Waals surface area contributed by atoms with Gasteiger partial charge in [0, 0.05) is 38.5 Å². The van der Waals surface area contributed by atoms with Crippen LogP contribution >= 0.6 is 0 Å². The molecule has 4 saturated heterocycles. The van der Waals surface area contributed by atoms with Crippen LogP contribution < -0.4 is 0 Å². The third-order valence-electron chi connectivity index (χ3n) is 25.3. The summed E-state index contributed by atoms with van der Waals surface area (Å²) in [7, 11) is 0. The molecule has 6 aliphatic carbocycles. The van der Waals surface area contributed by atoms with Crippen LogP contribution in [-0.2, 0) is 37.9 Å². The highest BCUT2D eigenvalue weighted by Gasteiger charge is 2.45. The zero-order valence-corrected chi connectivity index (χ0v) is 83.7. The normalized spacial score (nSPS) is 24.4. The highest BCUT2D eigenvalue weighted by molar-refractivity contribution is 5.32. The quantitative estimate of drug-likeness (QED) is 0.0155. The second-order valence-electron chi connectivity index (χ2n) is 39.7. The molecule has 10 rings (SSSR count). The molecule has 18 atom stereocenters. The summed E-state index contributed by atoms with van der Waals surface area (Å²) in [6.45, 7) is 31.7. The van der Waals surface area contributed by atoms with E-state index in [-0.39, 0.29) is 61.7 Å². The first-order valence-corrected chi connectivity index (χ1v) is 51.3. The van der Waals surface area contributed by atoms with Crippen molar-refractivity contribution < 1.29 is 89.0 Å². The average Bonchev–Trinajstić information content (AvgIpc) is 1.75. The van der Waals surface area contributed by atoms with Crippen LogP contribution in [0.3, 0.4) is 0 Å². The van der Waals surface area contributed by atoms with E-state index in [0.717, 1.165) is 86.9 Å². The summed E-state index contributed by atoms with van der Waals surface area (Å²) >= 11 is 0. The highest BCUT2D eigenvalue weighted by atomic mass is 16.8. The average molecular weight is 1850 g/mol. The Labute approximate surface area is 810 Å². The summed E-state index contributed by atoms with van der Waals surface area (Å²) in [6.07, 6.45) is 49.2. The molecule has 18 nitrogen and oxygen atoms in total. The van der Waals surface area contributed by atoms with Gasteiger partial charge in [-0.25, -0.2) is 0 Å². The number of aliphatic hydroxyl groups excluding tert-OH is 10. The van der Waals surface area contributed by atoms with Gasteiger partial charge in [-0.3, -0.25) is 0 Å². The Morgan fingerprint density at radius 3 is 0.769 bits per heavy atom. The first-order valence-electron chi connectivity index (χ1n) is 51.3. The predicted molar refractivity (Wildman–Crippen MR) is 534 cm³/mol. The van der Waals surface area contributed by atoms with E-state index in [2.05, 4.69) is 162 Å². The lowest BCUT2D eigenvalue weighted by Gasteiger charge is -2.25. The van der Waals surface area contributed by atoms with Gasteiger partial charge in [0.2, 0.25) is 0 Å². The largest absolute Gasteiger partial charge is 0.390 e. The molecule has 4 aliphatic heterocycles. The fraction of sp³-hybridized carbons (Fsp3) is 0.741. The Balaban J connectivity index is 0.000000284. The van der Waals surface area contributed by atoms with Crippen molar-refractivity contribution in [3.8, 4) is 142 Å². The van der Waals surface area contributed by atoms with Crippen molar-refractivity contribution >= 4 is 0 Å². The maximum Gasteiger partial charge on any atom is 0.163 e. The van der Waals surface area contributed by atoms with Gasteiger partial charge in [-0.15, -0.1) is 0 Å². The molecule has 0 amide bonds. The molecule has 6 saturated carbocycles. The number of rotatable bonds is 40. The van der Waals surface area contributed by atoms with Crippen LogP contribution in [-0.4, -0.2) is 184 Å². The minimum atomic E-state index is -0.870. The van der Waals surface area contributed by atoms with Gasteiger partial charge in [0.1, 0.15) is 36.6 Å². The smallest absolute Gasteiger partial charge is 0.163 e. The summed E-state index contributed by atoms with van der Waals surface area (Å²) < 4.78 is 48.2. The van der Waals surface area contributed by atoms with Gasteiger partial charge in [0.05, 0.1) is 73.2 Å². The first kappa shape index (κ1) is 118. The van der Waals surface area contributed by atoms with Gasteiger partial charge >= 0.3 is 0 Å². The second kappa shape index (κ2) is 67.5. The minimum Gasteiger partial charge on any atom is -0.390 e. The van der Waals surface area contributed by atoms with Crippen LogP contribution in [0.4, 0.5) is 0 Å². The number of hydrogen-bond acceptors (Lipinski definition) is 18. The van der Waals surface area contributed by atoms with Crippen molar-refractivity contribution in [1.82, 2.24) is 0 Å². The van der Waals surface area contributed by atoms with E-state index in [0.29, 0.717) is 57.8 Å². The second-order valence-corrected chi connectivity index (χ2v) is 39.7. The summed E-state index contributed by atoms with van der Waals surface area (Å²) in [5.41, 5.74) is 0. The number of unbranched alkanes of at least 4 members (excludes halogenated alkanes) is 6. The molecule has 18 heteroatoms. The van der Waals surface area contributed by atoms with Crippen LogP contribution in [0.2, 0.25) is 0 Å². The fourth-order valence-corrected chi connectivity index (χ4v) is 16.8. The lowest BCUT2D eigenvalue weighted by atomic mass is 9.84. The van der Waals surface area contributed by atoms with Crippen LogP contribution in [0, 0.1) is 178 Å². The fourth-order valence-electron chi connectivity index (χ4n) is 16.8. The zero-order chi connectivity index (χ0) is 97.8. The van der Waals surface area contributed by atoms with Crippen molar-refractivity contribution in [3.05, 3.63) is 38.0 Å². The molecular formula is C116H170O18. The van der Waals surface area contributed by atoms with Crippen molar-refractivity contribution in [1.29, 1.82) is 0 Å². The van der Waals surface area contributed by atoms with Crippen LogP contribution in [0.15, 0.2) is 38.0 Å². The molecule has 4 heterocycles. The first-order chi connectivity index (χ1) is 64.3. The van der Waals surface area contributed by atoms with Crippen molar-refractivity contribution in [3.63, 3.8) is 0 Å². The maximum absolute atomic E-state index is 9.83. The van der Waals surface area contributed by atoms with Crippen LogP contribution in [0.5, 0.6) is 0 Å². The van der Waals surface area contributed by atoms with Gasteiger partial charge in [-0.2, -0.15) is 0 Å². The molecule has 0 radical (unpaired) electrons. The third-order valence-corrected chi connectivity index (χ3v) is 25.3. The van der Waals surface area contributed by atoms with E-state index in [1.807, 2.05) is 76.2 Å². The monoisotopic (exact) mass is 1850 g/mol. The van der Waals surface area contributed by atoms with E-state index in [4.69, 9.17) is 43.0 Å². The Kier molecular flexibility index (Phi) is 59.3. The van der Waals surface area contributed by atoms with Gasteiger partial charge in [0.25, 0.3) is 0 Å². The van der Waals surface area contributed by atoms with Crippen molar-refractivity contribution in [2.24, 2.45) is 35.5 Å². The molecule has 10 aliphatic rings. The standard InChI is InChI=1S/C20H30O3.C20H28O3.C20H30O3.C20H28O3.C18H28O3.C18H26O3/c2*1-4-17(21)13-9-6-10-14-18-19(23-20(2,3)22-18)15-16-11-7-5-8-12-16;2*1-4-17(21)11-6-5-7-12-18-19(23-20(2,3)22-18)13-9-8-10-16-14-15-16;2*1-2-16(19)10-6-4-8-12-18(21)17(20)11-7-3-5-9-15-13-14-15/h16-19,21H,4-5,7-8,11-12,14-15H2,1-3H3;4,16-19,21H,1,5,7-8,11-12,14-15H2,2-3H3;16-19,21H,4,8-10,12-15H2,1-3H3;4,16-19,21H,1,8-10,12-15H2,2-3H3;15-21H,2-3,5,7,9,11-14H2,1H3;2,15-21H,1,3,5,7,9,11-14H2/t4*17-,18-,19-;2*16-,17+,18+/m111100/s1. The SMILES string of the molecule is C=C[C@@H](O)C#CC#CC[C@H]1OC(C)(C)O[C@@H]1CC1CCCCC1.C=C[C@@H](O)C#CC#CC[C@H]1OC(C)(C)O[C@@H]1CCCCC1CC1.C=C[C@H](O)C#CC#CC[C@@H](O)[C@H](O)CCCCCC1CC1.CC[C@@H](O)C#CC#CC[C@H]1OC(C)(C)O[C@@H]1CC1CCCCC1.CC[C@@H](O)C#CC#CC[C@H]1OC(C)(C)O[C@@H]1CCCCC1CC1.CC[C@H](O)C#CC#CC[C@@H](O)[C@H](O)CCCCCC1CC1. The van der Waals surface area contributed by atoms with Gasteiger partial charge in [-0.05, 0) is 220 Å². The molecular weight excluding hydrogens is 1680 g/mol. The number of ether oxygens (including phenoxy) is 8. The predicted octanol–water partition coefficient (Wildman–Crippen LogP) is 18.4. The lowest BCUT2D eigenvalue weighted by molar-refractivity contribution is -0.147. The minimum absolute atomic E-state index is 0.00422. The lowest BCUT2D eigenvalue weighted by Crippen LogP contribution is -2.26. The molecule has 0 unspecified atom stereocenters. The van der Waals surface area contributed by atoms with E-state index >= 15 is 0 Å². The van der Waals surface area contributed by atoms with Crippen molar-refractivity contribution in [2.45, 2.75) is 511 Å². The van der Waals surface area contributed by atoms with E-state index in [1.54, 1.807) is 0 Å². The van der Waals surface area contributed by atoms with Gasteiger partial charge < -0.3 is 89.0 Å². The molecule has 0 aromatic rings. The molecule has 134 heavy (non-hydrogen) atoms. The van der Waals surface area contributed by atoms with Gasteiger partial charge in [0.15, 0.2) is 23.1 Å². The van der Waals surface area contributed by atoms with E-state index in [9.17, 15) is 46.0 Å². The summed E-state index contributed by atoms with van der Waals surface area (Å²) in [4.78, 5) is 0. The third kappa shape index (κ3) is 57.6. The molecule has 0 aromatic heterocycles. The number of hydrogen-bond donors (Lipinski definition) is 10. The van der Waals surface area contributed by atoms with Crippen molar-refractivity contribution in [2.75, 3.05) is 0 Å². The maximum atomic E-state index is 9.83. The molecule has 0 bridgehead atoms. The number of aliphatic hydroxyl groups is 10.